The van der Waals surface area contributed by atoms with Crippen molar-refractivity contribution in [3.8, 4) is 5.75 Å². The van der Waals surface area contributed by atoms with Gasteiger partial charge in [0.1, 0.15) is 5.75 Å². The summed E-state index contributed by atoms with van der Waals surface area (Å²) in [5.74, 6) is 1.98. The van der Waals surface area contributed by atoms with Crippen LogP contribution in [-0.4, -0.2) is 17.7 Å². The van der Waals surface area contributed by atoms with Crippen molar-refractivity contribution in [1.82, 2.24) is 5.16 Å². The van der Waals surface area contributed by atoms with Crippen LogP contribution in [0.25, 0.3) is 0 Å². The molecule has 5 nitrogen and oxygen atoms in total. The Morgan fingerprint density at radius 3 is 2.83 bits per heavy atom. The number of anilines is 1. The first-order valence-electron chi connectivity index (χ1n) is 8.53. The molecule has 0 unspecified atom stereocenters. The van der Waals surface area contributed by atoms with Crippen molar-refractivity contribution >= 4 is 11.8 Å². The number of benzene rings is 1. The van der Waals surface area contributed by atoms with Gasteiger partial charge < -0.3 is 9.26 Å². The van der Waals surface area contributed by atoms with Gasteiger partial charge in [-0.05, 0) is 48.8 Å². The molecule has 24 heavy (non-hydrogen) atoms. The molecule has 3 rings (SSSR count). The Hall–Kier alpha value is -2.30. The van der Waals surface area contributed by atoms with Gasteiger partial charge in [0.05, 0.1) is 5.69 Å². The van der Waals surface area contributed by atoms with Crippen LogP contribution in [0.4, 0.5) is 5.88 Å². The summed E-state index contributed by atoms with van der Waals surface area (Å²) >= 11 is 0. The van der Waals surface area contributed by atoms with E-state index in [4.69, 9.17) is 9.26 Å². The number of aryl methyl sites for hydroxylation is 1. The molecule has 0 bridgehead atoms. The van der Waals surface area contributed by atoms with E-state index < -0.39 is 0 Å². The molecule has 1 amide bonds. The first kappa shape index (κ1) is 16.6. The van der Waals surface area contributed by atoms with E-state index in [1.54, 1.807) is 0 Å². The number of nitrogens with one attached hydrogen (secondary N) is 1. The minimum atomic E-state index is -0.236. The fourth-order valence-corrected chi connectivity index (χ4v) is 2.94. The first-order valence-corrected chi connectivity index (χ1v) is 8.53. The van der Waals surface area contributed by atoms with Crippen molar-refractivity contribution in [2.45, 2.75) is 46.0 Å². The van der Waals surface area contributed by atoms with E-state index in [0.717, 1.165) is 30.5 Å². The maximum atomic E-state index is 12.1. The van der Waals surface area contributed by atoms with E-state index in [9.17, 15) is 4.79 Å². The van der Waals surface area contributed by atoms with E-state index in [1.807, 2.05) is 24.3 Å². The zero-order chi connectivity index (χ0) is 17.1. The van der Waals surface area contributed by atoms with Gasteiger partial charge in [0, 0.05) is 5.56 Å². The van der Waals surface area contributed by atoms with Crippen LogP contribution in [0.5, 0.6) is 5.75 Å². The topological polar surface area (TPSA) is 64.4 Å². The Morgan fingerprint density at radius 1 is 1.38 bits per heavy atom. The SMILES string of the molecule is CC(C)c1ccc(OCC(=O)Nc2onc3c2C[C@H](C)CC3)cc1. The molecule has 128 valence electrons. The van der Waals surface area contributed by atoms with Crippen LogP contribution in [0.1, 0.15) is 49.9 Å². The maximum absolute atomic E-state index is 12.1. The fourth-order valence-electron chi connectivity index (χ4n) is 2.94. The predicted molar refractivity (Wildman–Crippen MR) is 92.3 cm³/mol. The number of aromatic nitrogens is 1. The number of amides is 1. The third-order valence-electron chi connectivity index (χ3n) is 4.47. The van der Waals surface area contributed by atoms with Gasteiger partial charge >= 0.3 is 0 Å². The van der Waals surface area contributed by atoms with Crippen molar-refractivity contribution in [2.24, 2.45) is 5.92 Å². The van der Waals surface area contributed by atoms with E-state index >= 15 is 0 Å². The average Bonchev–Trinajstić information content (AvgIpc) is 2.95. The van der Waals surface area contributed by atoms with Gasteiger partial charge in [-0.25, -0.2) is 0 Å². The van der Waals surface area contributed by atoms with Crippen LogP contribution in [0.3, 0.4) is 0 Å². The molecule has 0 saturated carbocycles. The summed E-state index contributed by atoms with van der Waals surface area (Å²) in [6.45, 7) is 6.43. The molecule has 5 heteroatoms. The maximum Gasteiger partial charge on any atom is 0.264 e. The highest BCUT2D eigenvalue weighted by molar-refractivity contribution is 5.91. The largest absolute Gasteiger partial charge is 0.484 e. The molecule has 2 aromatic rings. The fraction of sp³-hybridized carbons (Fsp3) is 0.474. The van der Waals surface area contributed by atoms with Crippen molar-refractivity contribution in [2.75, 3.05) is 11.9 Å². The van der Waals surface area contributed by atoms with Crippen LogP contribution >= 0.6 is 0 Å². The van der Waals surface area contributed by atoms with Gasteiger partial charge in [-0.15, -0.1) is 0 Å². The minimum Gasteiger partial charge on any atom is -0.484 e. The van der Waals surface area contributed by atoms with Gasteiger partial charge in [-0.3, -0.25) is 10.1 Å². The van der Waals surface area contributed by atoms with E-state index in [2.05, 4.69) is 31.2 Å². The van der Waals surface area contributed by atoms with Crippen LogP contribution < -0.4 is 10.1 Å². The molecule has 0 radical (unpaired) electrons. The van der Waals surface area contributed by atoms with Crippen LogP contribution in [0.15, 0.2) is 28.8 Å². The number of carbonyl (C=O) groups excluding carboxylic acids is 1. The smallest absolute Gasteiger partial charge is 0.264 e. The highest BCUT2D eigenvalue weighted by Crippen LogP contribution is 2.30. The quantitative estimate of drug-likeness (QED) is 0.903. The van der Waals surface area contributed by atoms with E-state index in [0.29, 0.717) is 23.5 Å². The van der Waals surface area contributed by atoms with Crippen LogP contribution in [0, 0.1) is 5.92 Å². The van der Waals surface area contributed by atoms with Crippen LogP contribution in [-0.2, 0) is 17.6 Å². The molecule has 1 aliphatic carbocycles. The van der Waals surface area contributed by atoms with Crippen LogP contribution in [0.2, 0.25) is 0 Å². The summed E-state index contributed by atoms with van der Waals surface area (Å²) in [5, 5.41) is 6.84. The number of ether oxygens (including phenoxy) is 1. The first-order chi connectivity index (χ1) is 11.5. The second kappa shape index (κ2) is 7.07. The van der Waals surface area contributed by atoms with Gasteiger partial charge in [0.15, 0.2) is 6.61 Å². The molecule has 1 N–H and O–H groups in total. The number of fused-ring (bicyclic) bond motifs is 1. The predicted octanol–water partition coefficient (Wildman–Crippen LogP) is 3.94. The number of nitrogens with zero attached hydrogens (tertiary/aromatic N) is 1. The third-order valence-corrected chi connectivity index (χ3v) is 4.47. The normalized spacial score (nSPS) is 16.8. The van der Waals surface area contributed by atoms with Crippen molar-refractivity contribution < 1.29 is 14.1 Å². The average molecular weight is 328 g/mol. The highest BCUT2D eigenvalue weighted by atomic mass is 16.5. The molecule has 1 aromatic carbocycles. The van der Waals surface area contributed by atoms with Gasteiger partial charge in [-0.1, -0.05) is 38.1 Å². The third kappa shape index (κ3) is 3.78. The zero-order valence-corrected chi connectivity index (χ0v) is 14.5. The summed E-state index contributed by atoms with van der Waals surface area (Å²) in [6, 6.07) is 7.82. The highest BCUT2D eigenvalue weighted by Gasteiger charge is 2.24. The summed E-state index contributed by atoms with van der Waals surface area (Å²) < 4.78 is 10.8. The lowest BCUT2D eigenvalue weighted by molar-refractivity contribution is -0.118. The number of hydrogen-bond donors (Lipinski definition) is 1. The molecule has 1 aliphatic rings. The van der Waals surface area contributed by atoms with E-state index in [1.165, 1.54) is 5.56 Å². The van der Waals surface area contributed by atoms with Gasteiger partial charge in [0.2, 0.25) is 5.88 Å². The van der Waals surface area contributed by atoms with Crippen molar-refractivity contribution in [3.05, 3.63) is 41.1 Å². The summed E-state index contributed by atoms with van der Waals surface area (Å²) in [6.07, 6.45) is 2.92. The zero-order valence-electron chi connectivity index (χ0n) is 14.5. The molecular formula is C19H24N2O3. The number of hydrogen-bond acceptors (Lipinski definition) is 4. The number of carbonyl (C=O) groups is 1. The van der Waals surface area contributed by atoms with Crippen molar-refractivity contribution in [1.29, 1.82) is 0 Å². The van der Waals surface area contributed by atoms with E-state index in [-0.39, 0.29) is 12.5 Å². The molecule has 1 atom stereocenters. The molecular weight excluding hydrogens is 304 g/mol. The molecule has 0 saturated heterocycles. The summed E-state index contributed by atoms with van der Waals surface area (Å²) in [5.41, 5.74) is 3.24. The molecule has 0 aliphatic heterocycles. The summed E-state index contributed by atoms with van der Waals surface area (Å²) in [4.78, 5) is 12.1. The number of rotatable bonds is 5. The monoisotopic (exact) mass is 328 g/mol. The lowest BCUT2D eigenvalue weighted by Crippen LogP contribution is -2.21. The lowest BCUT2D eigenvalue weighted by Gasteiger charge is -2.16. The molecule has 1 heterocycles. The molecule has 0 spiro atoms. The minimum absolute atomic E-state index is 0.0496. The summed E-state index contributed by atoms with van der Waals surface area (Å²) in [7, 11) is 0. The Morgan fingerprint density at radius 2 is 2.12 bits per heavy atom. The molecule has 1 aromatic heterocycles. The second-order valence-corrected chi connectivity index (χ2v) is 6.85. The second-order valence-electron chi connectivity index (χ2n) is 6.85. The lowest BCUT2D eigenvalue weighted by atomic mass is 9.89. The Balaban J connectivity index is 1.55. The Kier molecular flexibility index (Phi) is 4.88. The molecule has 0 fully saturated rings. The van der Waals surface area contributed by atoms with Crippen molar-refractivity contribution in [3.63, 3.8) is 0 Å². The van der Waals surface area contributed by atoms with Gasteiger partial charge in [-0.2, -0.15) is 0 Å². The van der Waals surface area contributed by atoms with Gasteiger partial charge in [0.25, 0.3) is 5.91 Å². The Bertz CT molecular complexity index is 704. The standard InChI is InChI=1S/C19H24N2O3/c1-12(2)14-5-7-15(8-6-14)23-11-18(22)20-19-16-10-13(3)4-9-17(16)21-24-19/h5-8,12-13H,4,9-11H2,1-3H3,(H,20,22)/t13-/m1/s1. The Labute approximate surface area is 142 Å².